The molecular weight excluding hydrogens is 240 g/mol. The number of allylic oxidation sites excluding steroid dienone is 1. The summed E-state index contributed by atoms with van der Waals surface area (Å²) >= 11 is 0. The fraction of sp³-hybridized carbons (Fsp3) is 0.875. The average Bonchev–Trinajstić information content (AvgIpc) is 2.69. The van der Waals surface area contributed by atoms with E-state index in [1.165, 1.54) is 5.57 Å². The van der Waals surface area contributed by atoms with Crippen molar-refractivity contribution in [3.63, 3.8) is 0 Å². The van der Waals surface area contributed by atoms with Crippen molar-refractivity contribution in [3.05, 3.63) is 11.6 Å². The third-order valence-corrected chi connectivity index (χ3v) is 6.03. The summed E-state index contributed by atoms with van der Waals surface area (Å²) in [6.07, 6.45) is 5.10. The van der Waals surface area contributed by atoms with Crippen LogP contribution in [0, 0.1) is 23.2 Å². The van der Waals surface area contributed by atoms with Crippen molar-refractivity contribution in [2.24, 2.45) is 23.2 Å². The lowest BCUT2D eigenvalue weighted by molar-refractivity contribution is -0.132. The molecule has 1 N–H and O–H groups in total. The van der Waals surface area contributed by atoms with Crippen molar-refractivity contribution in [1.29, 1.82) is 0 Å². The van der Waals surface area contributed by atoms with Crippen LogP contribution in [-0.2, 0) is 9.47 Å². The zero-order chi connectivity index (χ0) is 13.8. The molecule has 0 amide bonds. The molecule has 2 aliphatic carbocycles. The molecule has 0 spiro atoms. The summed E-state index contributed by atoms with van der Waals surface area (Å²) in [6, 6.07) is 0. The Bertz CT molecular complexity index is 389. The predicted molar refractivity (Wildman–Crippen MR) is 73.5 cm³/mol. The van der Waals surface area contributed by atoms with Crippen LogP contribution in [0.5, 0.6) is 0 Å². The van der Waals surface area contributed by atoms with E-state index in [-0.39, 0.29) is 17.8 Å². The maximum atomic E-state index is 10.0. The van der Waals surface area contributed by atoms with E-state index in [4.69, 9.17) is 9.47 Å². The molecule has 0 aromatic carbocycles. The number of rotatable bonds is 1. The summed E-state index contributed by atoms with van der Waals surface area (Å²) in [7, 11) is 1.74. The molecule has 0 aromatic heterocycles. The van der Waals surface area contributed by atoms with Gasteiger partial charge in [-0.3, -0.25) is 0 Å². The minimum Gasteiger partial charge on any atom is -0.389 e. The molecular formula is C16H26O3. The molecule has 0 radical (unpaired) electrons. The van der Waals surface area contributed by atoms with Crippen molar-refractivity contribution >= 4 is 0 Å². The van der Waals surface area contributed by atoms with Crippen LogP contribution >= 0.6 is 0 Å². The number of fused-ring (bicyclic) bond motifs is 3. The molecule has 3 aliphatic rings. The zero-order valence-electron chi connectivity index (χ0n) is 12.4. The highest BCUT2D eigenvalue weighted by Crippen LogP contribution is 2.59. The first-order valence-electron chi connectivity index (χ1n) is 7.56. The van der Waals surface area contributed by atoms with Gasteiger partial charge in [-0.25, -0.2) is 0 Å². The largest absolute Gasteiger partial charge is 0.389 e. The van der Waals surface area contributed by atoms with Crippen molar-refractivity contribution in [2.75, 3.05) is 7.11 Å². The lowest BCUT2D eigenvalue weighted by atomic mass is 9.52. The number of hydrogen-bond donors (Lipinski definition) is 1. The third kappa shape index (κ3) is 1.82. The van der Waals surface area contributed by atoms with Gasteiger partial charge in [0, 0.05) is 18.9 Å². The Morgan fingerprint density at radius 2 is 2.16 bits per heavy atom. The zero-order valence-corrected chi connectivity index (χ0v) is 12.4. The van der Waals surface area contributed by atoms with E-state index in [1.54, 1.807) is 7.11 Å². The van der Waals surface area contributed by atoms with E-state index in [0.717, 1.165) is 19.3 Å². The SMILES string of the molecule is CO[C@@H]1O[C@H]2CCC3=C[C@@H](O)C[C@H](C)[C@@]3(C)[C@H]2[C@@H]1C. The molecule has 3 heteroatoms. The monoisotopic (exact) mass is 266 g/mol. The minimum absolute atomic E-state index is 0.0646. The van der Waals surface area contributed by atoms with Crippen LogP contribution < -0.4 is 0 Å². The Kier molecular flexibility index (Phi) is 3.27. The summed E-state index contributed by atoms with van der Waals surface area (Å²) in [6.45, 7) is 6.92. The third-order valence-electron chi connectivity index (χ3n) is 6.03. The van der Waals surface area contributed by atoms with Crippen LogP contribution in [0.1, 0.15) is 40.0 Å². The van der Waals surface area contributed by atoms with Gasteiger partial charge in [0.1, 0.15) is 0 Å². The summed E-state index contributed by atoms with van der Waals surface area (Å²) in [5, 5.41) is 10.0. The van der Waals surface area contributed by atoms with Crippen LogP contribution in [-0.4, -0.2) is 30.7 Å². The Morgan fingerprint density at radius 1 is 1.42 bits per heavy atom. The van der Waals surface area contributed by atoms with Gasteiger partial charge in [0.2, 0.25) is 0 Å². The Labute approximate surface area is 116 Å². The van der Waals surface area contributed by atoms with Crippen LogP contribution in [0.4, 0.5) is 0 Å². The lowest BCUT2D eigenvalue weighted by Gasteiger charge is -2.52. The highest BCUT2D eigenvalue weighted by Gasteiger charge is 2.57. The molecule has 19 heavy (non-hydrogen) atoms. The van der Waals surface area contributed by atoms with Gasteiger partial charge < -0.3 is 14.6 Å². The van der Waals surface area contributed by atoms with Gasteiger partial charge in [-0.05, 0) is 30.6 Å². The average molecular weight is 266 g/mol. The summed E-state index contributed by atoms with van der Waals surface area (Å²) in [4.78, 5) is 0. The maximum absolute atomic E-state index is 10.0. The first kappa shape index (κ1) is 13.6. The molecule has 0 aromatic rings. The van der Waals surface area contributed by atoms with Gasteiger partial charge in [-0.15, -0.1) is 0 Å². The second kappa shape index (κ2) is 4.57. The molecule has 1 saturated heterocycles. The van der Waals surface area contributed by atoms with Crippen LogP contribution in [0.3, 0.4) is 0 Å². The Hall–Kier alpha value is -0.380. The van der Waals surface area contributed by atoms with Gasteiger partial charge in [0.15, 0.2) is 6.29 Å². The first-order valence-corrected chi connectivity index (χ1v) is 7.56. The summed E-state index contributed by atoms with van der Waals surface area (Å²) < 4.78 is 11.6. The molecule has 0 unspecified atom stereocenters. The highest BCUT2D eigenvalue weighted by atomic mass is 16.7. The smallest absolute Gasteiger partial charge is 0.160 e. The van der Waals surface area contributed by atoms with E-state index in [2.05, 4.69) is 26.8 Å². The van der Waals surface area contributed by atoms with Crippen molar-refractivity contribution in [1.82, 2.24) is 0 Å². The second-order valence-electron chi connectivity index (χ2n) is 6.88. The van der Waals surface area contributed by atoms with E-state index in [1.807, 2.05) is 0 Å². The Balaban J connectivity index is 1.99. The molecule has 2 fully saturated rings. The molecule has 0 bridgehead atoms. The van der Waals surface area contributed by atoms with Crippen LogP contribution in [0.25, 0.3) is 0 Å². The quantitative estimate of drug-likeness (QED) is 0.742. The fourth-order valence-electron chi connectivity index (χ4n) is 4.94. The van der Waals surface area contributed by atoms with Crippen molar-refractivity contribution in [3.8, 4) is 0 Å². The van der Waals surface area contributed by atoms with E-state index < -0.39 is 0 Å². The van der Waals surface area contributed by atoms with Crippen molar-refractivity contribution in [2.45, 2.75) is 58.5 Å². The van der Waals surface area contributed by atoms with Crippen LogP contribution in [0.15, 0.2) is 11.6 Å². The van der Waals surface area contributed by atoms with Crippen LogP contribution in [0.2, 0.25) is 0 Å². The summed E-state index contributed by atoms with van der Waals surface area (Å²) in [5.41, 5.74) is 1.61. The number of hydrogen-bond acceptors (Lipinski definition) is 3. The fourth-order valence-corrected chi connectivity index (χ4v) is 4.94. The van der Waals surface area contributed by atoms with E-state index in [9.17, 15) is 5.11 Å². The predicted octanol–water partition coefficient (Wildman–Crippen LogP) is 2.74. The number of ether oxygens (including phenoxy) is 2. The van der Waals surface area contributed by atoms with Gasteiger partial charge in [0.05, 0.1) is 12.2 Å². The normalized spacial score (nSPS) is 53.4. The number of aliphatic hydroxyl groups is 1. The van der Waals surface area contributed by atoms with Gasteiger partial charge in [0.25, 0.3) is 0 Å². The molecule has 3 nitrogen and oxygen atoms in total. The van der Waals surface area contributed by atoms with Crippen molar-refractivity contribution < 1.29 is 14.6 Å². The topological polar surface area (TPSA) is 38.7 Å². The number of aliphatic hydroxyl groups excluding tert-OH is 1. The molecule has 1 saturated carbocycles. The van der Waals surface area contributed by atoms with Gasteiger partial charge in [-0.2, -0.15) is 0 Å². The maximum Gasteiger partial charge on any atom is 0.160 e. The lowest BCUT2D eigenvalue weighted by Crippen LogP contribution is -2.49. The summed E-state index contributed by atoms with van der Waals surface area (Å²) in [5.74, 6) is 1.43. The standard InChI is InChI=1S/C16H26O3/c1-9-7-12(17)8-11-5-6-13-14(16(9,11)3)10(2)15(18-4)19-13/h8-10,12-15,17H,5-7H2,1-4H3/t9-,10-,12-,13-,14-,15+,16+/m0/s1. The van der Waals surface area contributed by atoms with Gasteiger partial charge >= 0.3 is 0 Å². The molecule has 1 heterocycles. The molecule has 3 rings (SSSR count). The second-order valence-corrected chi connectivity index (χ2v) is 6.88. The minimum atomic E-state index is -0.259. The van der Waals surface area contributed by atoms with E-state index in [0.29, 0.717) is 23.9 Å². The Morgan fingerprint density at radius 3 is 2.84 bits per heavy atom. The first-order chi connectivity index (χ1) is 8.98. The highest BCUT2D eigenvalue weighted by molar-refractivity contribution is 5.26. The molecule has 108 valence electrons. The van der Waals surface area contributed by atoms with E-state index >= 15 is 0 Å². The number of methoxy groups -OCH3 is 1. The molecule has 1 aliphatic heterocycles. The molecule has 7 atom stereocenters. The van der Waals surface area contributed by atoms with Gasteiger partial charge in [-0.1, -0.05) is 32.4 Å².